The van der Waals surface area contributed by atoms with Crippen LogP contribution in [0.5, 0.6) is 23.0 Å². The standard InChI is InChI=1S/C17H11Cl2F3O5.C11H8ClNO3.C10H11ClO3/c1-8(15(23)24)26-16(25)11-7-10(3-4-12(11)18)27-14-5-2-9(6-13(14)19)17(20,21)22;12-8-3-4-9(16-6-10(14)15)11-7(8)2-1-5-13-11;1-6-5-8(11)3-4-9(6)14-7(2)10(12)13/h2-8H,1H3,(H,23,24);1-5H,6H2,(H,14,15);3-5,7H,1-2H3,(H,12,13)/t8-;;/m0../s1. The van der Waals surface area contributed by atoms with Crippen molar-refractivity contribution in [1.82, 2.24) is 4.98 Å². The summed E-state index contributed by atoms with van der Waals surface area (Å²) in [5.41, 5.74) is 0.273. The van der Waals surface area contributed by atoms with E-state index in [0.717, 1.165) is 36.1 Å². The number of aromatic nitrogens is 1. The summed E-state index contributed by atoms with van der Waals surface area (Å²) in [4.78, 5) is 47.8. The van der Waals surface area contributed by atoms with E-state index in [1.54, 1.807) is 48.7 Å². The Kier molecular flexibility index (Phi) is 16.6. The second-order valence-electron chi connectivity index (χ2n) is 11.4. The quantitative estimate of drug-likeness (QED) is 0.107. The average Bonchev–Trinajstić information content (AvgIpc) is 3.14. The van der Waals surface area contributed by atoms with Gasteiger partial charge in [-0.3, -0.25) is 4.98 Å². The van der Waals surface area contributed by atoms with Gasteiger partial charge in [-0.1, -0.05) is 46.4 Å². The Morgan fingerprint density at radius 1 is 0.754 bits per heavy atom. The van der Waals surface area contributed by atoms with Gasteiger partial charge in [-0.15, -0.1) is 0 Å². The fourth-order valence-electron chi connectivity index (χ4n) is 4.24. The van der Waals surface area contributed by atoms with Gasteiger partial charge in [-0.05, 0) is 105 Å². The predicted octanol–water partition coefficient (Wildman–Crippen LogP) is 10.3. The van der Waals surface area contributed by atoms with Crippen LogP contribution in [0.1, 0.15) is 35.3 Å². The third kappa shape index (κ3) is 13.9. The average molecular weight is 875 g/mol. The molecule has 5 aromatic rings. The number of aliphatic carboxylic acids is 3. The van der Waals surface area contributed by atoms with Crippen molar-refractivity contribution in [2.75, 3.05) is 6.61 Å². The minimum Gasteiger partial charge on any atom is -0.480 e. The van der Waals surface area contributed by atoms with Gasteiger partial charge < -0.3 is 34.3 Å². The van der Waals surface area contributed by atoms with Crippen molar-refractivity contribution in [3.05, 3.63) is 122 Å². The zero-order chi connectivity index (χ0) is 42.6. The molecule has 19 heteroatoms. The van der Waals surface area contributed by atoms with Crippen LogP contribution in [0.2, 0.25) is 20.1 Å². The zero-order valence-corrected chi connectivity index (χ0v) is 32.7. The van der Waals surface area contributed by atoms with Gasteiger partial charge in [-0.25, -0.2) is 19.2 Å². The summed E-state index contributed by atoms with van der Waals surface area (Å²) in [6.45, 7) is 4.07. The second-order valence-corrected chi connectivity index (χ2v) is 13.1. The number of rotatable bonds is 11. The van der Waals surface area contributed by atoms with E-state index in [0.29, 0.717) is 33.1 Å². The van der Waals surface area contributed by atoms with E-state index >= 15 is 0 Å². The van der Waals surface area contributed by atoms with E-state index in [2.05, 4.69) is 4.98 Å². The summed E-state index contributed by atoms with van der Waals surface area (Å²) in [6.07, 6.45) is -5.20. The molecule has 302 valence electrons. The Bertz CT molecular complexity index is 2260. The number of halogens is 7. The first-order chi connectivity index (χ1) is 26.7. The number of fused-ring (bicyclic) bond motifs is 1. The smallest absolute Gasteiger partial charge is 0.416 e. The normalized spacial score (nSPS) is 11.8. The third-order valence-corrected chi connectivity index (χ3v) is 8.29. The number of pyridine rings is 1. The Labute approximate surface area is 342 Å². The molecule has 3 N–H and O–H groups in total. The van der Waals surface area contributed by atoms with E-state index < -0.39 is 54.4 Å². The van der Waals surface area contributed by atoms with E-state index in [-0.39, 0.29) is 27.1 Å². The molecule has 2 atom stereocenters. The van der Waals surface area contributed by atoms with Gasteiger partial charge in [0, 0.05) is 16.6 Å². The number of carboxylic acids is 3. The lowest BCUT2D eigenvalue weighted by Gasteiger charge is -2.13. The summed E-state index contributed by atoms with van der Waals surface area (Å²) in [7, 11) is 0. The molecule has 0 fully saturated rings. The topological polar surface area (TPSA) is 179 Å². The maximum atomic E-state index is 12.7. The molecule has 0 aliphatic carbocycles. The molecule has 0 saturated carbocycles. The van der Waals surface area contributed by atoms with Crippen molar-refractivity contribution in [3.63, 3.8) is 0 Å². The van der Waals surface area contributed by atoms with E-state index in [1.165, 1.54) is 19.1 Å². The zero-order valence-electron chi connectivity index (χ0n) is 29.6. The molecule has 0 bridgehead atoms. The van der Waals surface area contributed by atoms with Crippen LogP contribution >= 0.6 is 46.4 Å². The molecule has 0 aliphatic heterocycles. The lowest BCUT2D eigenvalue weighted by atomic mass is 10.2. The lowest BCUT2D eigenvalue weighted by molar-refractivity contribution is -0.146. The summed E-state index contributed by atoms with van der Waals surface area (Å²) in [6, 6.07) is 18.2. The molecule has 0 saturated heterocycles. The Hall–Kier alpha value is -5.48. The minimum absolute atomic E-state index is 0.0246. The molecule has 12 nitrogen and oxygen atoms in total. The number of alkyl halides is 3. The summed E-state index contributed by atoms with van der Waals surface area (Å²) < 4.78 is 58.4. The number of aryl methyl sites for hydroxylation is 1. The maximum absolute atomic E-state index is 12.7. The van der Waals surface area contributed by atoms with Crippen LogP contribution in [0.3, 0.4) is 0 Å². The minimum atomic E-state index is -4.56. The molecule has 1 unspecified atom stereocenters. The van der Waals surface area contributed by atoms with Gasteiger partial charge in [-0.2, -0.15) is 13.2 Å². The Morgan fingerprint density at radius 3 is 1.98 bits per heavy atom. The molecule has 0 amide bonds. The van der Waals surface area contributed by atoms with Crippen LogP contribution in [0, 0.1) is 6.92 Å². The highest BCUT2D eigenvalue weighted by Gasteiger charge is 2.31. The Balaban J connectivity index is 0.000000247. The van der Waals surface area contributed by atoms with Gasteiger partial charge >= 0.3 is 30.1 Å². The number of carbonyl (C=O) groups excluding carboxylic acids is 1. The number of hydrogen-bond donors (Lipinski definition) is 3. The lowest BCUT2D eigenvalue weighted by Crippen LogP contribution is -2.23. The van der Waals surface area contributed by atoms with Gasteiger partial charge in [0.05, 0.1) is 26.2 Å². The predicted molar refractivity (Wildman–Crippen MR) is 204 cm³/mol. The van der Waals surface area contributed by atoms with Crippen LogP contribution < -0.4 is 14.2 Å². The number of esters is 1. The molecule has 5 rings (SSSR count). The van der Waals surface area contributed by atoms with Crippen molar-refractivity contribution in [3.8, 4) is 23.0 Å². The van der Waals surface area contributed by atoms with Crippen molar-refractivity contribution >= 4 is 81.2 Å². The van der Waals surface area contributed by atoms with Gasteiger partial charge in [0.15, 0.2) is 18.8 Å². The Morgan fingerprint density at radius 2 is 1.39 bits per heavy atom. The van der Waals surface area contributed by atoms with E-state index in [4.69, 9.17) is 80.7 Å². The summed E-state index contributed by atoms with van der Waals surface area (Å²) in [5, 5.41) is 27.5. The van der Waals surface area contributed by atoms with Crippen LogP contribution in [0.15, 0.2) is 85.1 Å². The second kappa shape index (κ2) is 20.6. The molecule has 4 aromatic carbocycles. The van der Waals surface area contributed by atoms with E-state index in [9.17, 15) is 32.3 Å². The number of carbonyl (C=O) groups is 4. The molecule has 0 spiro atoms. The van der Waals surface area contributed by atoms with Crippen molar-refractivity contribution < 1.29 is 66.6 Å². The largest absolute Gasteiger partial charge is 0.480 e. The first-order valence-corrected chi connectivity index (χ1v) is 17.5. The van der Waals surface area contributed by atoms with Gasteiger partial charge in [0.25, 0.3) is 0 Å². The van der Waals surface area contributed by atoms with Gasteiger partial charge in [0.2, 0.25) is 0 Å². The van der Waals surface area contributed by atoms with Crippen molar-refractivity contribution in [2.45, 2.75) is 39.2 Å². The van der Waals surface area contributed by atoms with E-state index in [1.807, 2.05) is 6.92 Å². The van der Waals surface area contributed by atoms with Crippen LogP contribution in [0.4, 0.5) is 13.2 Å². The molecule has 0 radical (unpaired) electrons. The monoisotopic (exact) mass is 873 g/mol. The fourth-order valence-corrected chi connectivity index (χ4v) is 5.10. The fraction of sp³-hybridized carbons (Fsp3) is 0.184. The molecule has 1 aromatic heterocycles. The highest BCUT2D eigenvalue weighted by Crippen LogP contribution is 2.37. The van der Waals surface area contributed by atoms with Crippen LogP contribution in [0.25, 0.3) is 10.9 Å². The maximum Gasteiger partial charge on any atom is 0.416 e. The highest BCUT2D eigenvalue weighted by molar-refractivity contribution is 6.35. The molecule has 57 heavy (non-hydrogen) atoms. The van der Waals surface area contributed by atoms with Crippen LogP contribution in [-0.4, -0.2) is 63.0 Å². The third-order valence-electron chi connectivity index (χ3n) is 7.10. The summed E-state index contributed by atoms with van der Waals surface area (Å²) >= 11 is 23.4. The van der Waals surface area contributed by atoms with Crippen LogP contribution in [-0.2, 0) is 25.3 Å². The van der Waals surface area contributed by atoms with Crippen molar-refractivity contribution in [1.29, 1.82) is 0 Å². The van der Waals surface area contributed by atoms with Crippen molar-refractivity contribution in [2.24, 2.45) is 0 Å². The summed E-state index contributed by atoms with van der Waals surface area (Å²) in [5.74, 6) is -3.44. The SMILES string of the molecule is C[C@H](OC(=O)c1cc(Oc2ccc(C(F)(F)F)cc2Cl)ccc1Cl)C(=O)O.Cc1cc(Cl)ccc1OC(C)C(=O)O.O=C(O)COc1ccc(Cl)c2cccnc12. The number of carboxylic acid groups (broad SMARTS) is 3. The number of hydrogen-bond acceptors (Lipinski definition) is 9. The molecule has 1 heterocycles. The first kappa shape index (κ1) is 45.9. The molecular formula is C38H30Cl4F3NO11. The number of benzene rings is 4. The highest BCUT2D eigenvalue weighted by atomic mass is 35.5. The van der Waals surface area contributed by atoms with Gasteiger partial charge in [0.1, 0.15) is 28.5 Å². The molecular weight excluding hydrogens is 845 g/mol. The molecule has 0 aliphatic rings. The number of nitrogens with zero attached hydrogens (tertiary/aromatic N) is 1. The number of ether oxygens (including phenoxy) is 4. The first-order valence-electron chi connectivity index (χ1n) is 16.0.